The molecule has 1 heterocycles. The Labute approximate surface area is 123 Å². The zero-order valence-corrected chi connectivity index (χ0v) is 12.9. The maximum absolute atomic E-state index is 9.68. The smallest absolute Gasteiger partial charge is 0.0809 e. The van der Waals surface area contributed by atoms with E-state index in [1.54, 1.807) is 0 Å². The molecule has 0 amide bonds. The zero-order chi connectivity index (χ0) is 14.2. The van der Waals surface area contributed by atoms with Gasteiger partial charge in [-0.25, -0.2) is 0 Å². The van der Waals surface area contributed by atoms with Crippen LogP contribution in [0, 0.1) is 0 Å². The van der Waals surface area contributed by atoms with Gasteiger partial charge in [-0.15, -0.1) is 0 Å². The summed E-state index contributed by atoms with van der Waals surface area (Å²) < 4.78 is 11.3. The molecule has 2 atom stereocenters. The van der Waals surface area contributed by atoms with Crippen molar-refractivity contribution in [1.82, 2.24) is 4.90 Å². The topological polar surface area (TPSA) is 41.9 Å². The van der Waals surface area contributed by atoms with E-state index >= 15 is 0 Å². The molecule has 2 rings (SSSR count). The lowest BCUT2D eigenvalue weighted by atomic mass is 9.94. The van der Waals surface area contributed by atoms with Gasteiger partial charge in [0.05, 0.1) is 25.4 Å². The van der Waals surface area contributed by atoms with Crippen molar-refractivity contribution in [2.75, 3.05) is 32.9 Å². The molecule has 0 bridgehead atoms. The van der Waals surface area contributed by atoms with Gasteiger partial charge in [0.1, 0.15) is 0 Å². The molecule has 1 N–H and O–H groups in total. The summed E-state index contributed by atoms with van der Waals surface area (Å²) in [5.41, 5.74) is 0. The lowest BCUT2D eigenvalue weighted by molar-refractivity contribution is -0.000639. The van der Waals surface area contributed by atoms with Crippen LogP contribution >= 0.6 is 0 Å². The summed E-state index contributed by atoms with van der Waals surface area (Å²) in [5, 5.41) is 9.68. The molecular formula is C16H31NO3. The van der Waals surface area contributed by atoms with Crippen LogP contribution < -0.4 is 0 Å². The van der Waals surface area contributed by atoms with E-state index in [9.17, 15) is 5.11 Å². The highest BCUT2D eigenvalue weighted by Crippen LogP contribution is 2.22. The van der Waals surface area contributed by atoms with Gasteiger partial charge in [0.25, 0.3) is 0 Å². The van der Waals surface area contributed by atoms with E-state index in [0.29, 0.717) is 12.1 Å². The van der Waals surface area contributed by atoms with Crippen LogP contribution in [0.1, 0.15) is 51.9 Å². The molecule has 2 aliphatic rings. The van der Waals surface area contributed by atoms with Crippen LogP contribution in [0.4, 0.5) is 0 Å². The van der Waals surface area contributed by atoms with E-state index in [-0.39, 0.29) is 6.10 Å². The Hall–Kier alpha value is -0.160. The minimum absolute atomic E-state index is 0.255. The normalized spacial score (nSPS) is 26.2. The van der Waals surface area contributed by atoms with Crippen LogP contribution in [0.15, 0.2) is 0 Å². The Bertz CT molecular complexity index is 248. The number of hydrogen-bond donors (Lipinski definition) is 1. The Morgan fingerprint density at radius 1 is 1.20 bits per heavy atom. The Morgan fingerprint density at radius 2 is 2.00 bits per heavy atom. The molecule has 0 radical (unpaired) electrons. The Balaban J connectivity index is 1.66. The van der Waals surface area contributed by atoms with Crippen molar-refractivity contribution in [1.29, 1.82) is 0 Å². The second-order valence-corrected chi connectivity index (χ2v) is 6.35. The van der Waals surface area contributed by atoms with Gasteiger partial charge in [-0.3, -0.25) is 4.90 Å². The summed E-state index contributed by atoms with van der Waals surface area (Å²) in [6, 6.07) is 0.643. The van der Waals surface area contributed by atoms with Crippen molar-refractivity contribution in [2.24, 2.45) is 0 Å². The highest BCUT2D eigenvalue weighted by atomic mass is 16.5. The lowest BCUT2D eigenvalue weighted by Gasteiger charge is -2.35. The molecule has 4 heteroatoms. The highest BCUT2D eigenvalue weighted by Gasteiger charge is 2.22. The van der Waals surface area contributed by atoms with Crippen LogP contribution in [-0.2, 0) is 9.47 Å². The van der Waals surface area contributed by atoms with Gasteiger partial charge in [0, 0.05) is 25.7 Å². The maximum Gasteiger partial charge on any atom is 0.0809 e. The monoisotopic (exact) mass is 285 g/mol. The third-order valence-electron chi connectivity index (χ3n) is 4.44. The first kappa shape index (κ1) is 16.2. The van der Waals surface area contributed by atoms with Gasteiger partial charge in [-0.05, 0) is 32.6 Å². The molecule has 2 fully saturated rings. The van der Waals surface area contributed by atoms with E-state index < -0.39 is 0 Å². The number of rotatable bonds is 8. The number of aliphatic hydroxyl groups excluding tert-OH is 1. The summed E-state index contributed by atoms with van der Waals surface area (Å²) >= 11 is 0. The van der Waals surface area contributed by atoms with Crippen LogP contribution in [0.5, 0.6) is 0 Å². The van der Waals surface area contributed by atoms with Crippen molar-refractivity contribution >= 4 is 0 Å². The van der Waals surface area contributed by atoms with Gasteiger partial charge >= 0.3 is 0 Å². The Morgan fingerprint density at radius 3 is 2.65 bits per heavy atom. The van der Waals surface area contributed by atoms with E-state index in [1.165, 1.54) is 38.5 Å². The molecule has 0 aromatic rings. The third kappa shape index (κ3) is 5.68. The first-order chi connectivity index (χ1) is 9.75. The van der Waals surface area contributed by atoms with Crippen molar-refractivity contribution < 1.29 is 14.6 Å². The van der Waals surface area contributed by atoms with Gasteiger partial charge in [0.2, 0.25) is 0 Å². The summed E-state index contributed by atoms with van der Waals surface area (Å²) in [4.78, 5) is 2.43. The van der Waals surface area contributed by atoms with E-state index in [4.69, 9.17) is 9.47 Å². The highest BCUT2D eigenvalue weighted by molar-refractivity contribution is 4.77. The van der Waals surface area contributed by atoms with Gasteiger partial charge in [0.15, 0.2) is 0 Å². The van der Waals surface area contributed by atoms with Gasteiger partial charge < -0.3 is 14.6 Å². The fraction of sp³-hybridized carbons (Fsp3) is 1.00. The molecule has 0 spiro atoms. The second kappa shape index (κ2) is 8.98. The summed E-state index contributed by atoms with van der Waals surface area (Å²) in [6.07, 6.45) is 8.95. The SMILES string of the molecule is CC(O)CN(CCOCC1CCCO1)C1CCCCC1. The molecule has 1 saturated carbocycles. The minimum Gasteiger partial charge on any atom is -0.392 e. The molecule has 1 aliphatic carbocycles. The summed E-state index contributed by atoms with van der Waals surface area (Å²) in [5.74, 6) is 0. The predicted octanol–water partition coefficient (Wildman–Crippen LogP) is 2.20. The molecule has 0 aromatic heterocycles. The molecule has 1 saturated heterocycles. The molecule has 1 aliphatic heterocycles. The first-order valence-electron chi connectivity index (χ1n) is 8.37. The second-order valence-electron chi connectivity index (χ2n) is 6.35. The number of ether oxygens (including phenoxy) is 2. The Kier molecular flexibility index (Phi) is 7.28. The van der Waals surface area contributed by atoms with Crippen LogP contribution in [0.2, 0.25) is 0 Å². The first-order valence-corrected chi connectivity index (χ1v) is 8.37. The average molecular weight is 285 g/mol. The summed E-state index contributed by atoms with van der Waals surface area (Å²) in [7, 11) is 0. The van der Waals surface area contributed by atoms with Crippen LogP contribution in [0.3, 0.4) is 0 Å². The maximum atomic E-state index is 9.68. The fourth-order valence-electron chi connectivity index (χ4n) is 3.38. The number of nitrogens with zero attached hydrogens (tertiary/aromatic N) is 1. The van der Waals surface area contributed by atoms with Crippen molar-refractivity contribution in [3.8, 4) is 0 Å². The van der Waals surface area contributed by atoms with Crippen LogP contribution in [0.25, 0.3) is 0 Å². The van der Waals surface area contributed by atoms with Crippen LogP contribution in [-0.4, -0.2) is 61.2 Å². The molecular weight excluding hydrogens is 254 g/mol. The number of aliphatic hydroxyl groups is 1. The van der Waals surface area contributed by atoms with Crippen molar-refractivity contribution in [2.45, 2.75) is 70.1 Å². The molecule has 2 unspecified atom stereocenters. The third-order valence-corrected chi connectivity index (χ3v) is 4.44. The van der Waals surface area contributed by atoms with E-state index in [2.05, 4.69) is 4.90 Å². The lowest BCUT2D eigenvalue weighted by Crippen LogP contribution is -2.43. The minimum atomic E-state index is -0.255. The largest absolute Gasteiger partial charge is 0.392 e. The van der Waals surface area contributed by atoms with Crippen molar-refractivity contribution in [3.05, 3.63) is 0 Å². The van der Waals surface area contributed by atoms with Gasteiger partial charge in [-0.1, -0.05) is 19.3 Å². The summed E-state index contributed by atoms with van der Waals surface area (Å²) in [6.45, 7) is 5.96. The predicted molar refractivity (Wildman–Crippen MR) is 79.9 cm³/mol. The molecule has 118 valence electrons. The molecule has 4 nitrogen and oxygen atoms in total. The van der Waals surface area contributed by atoms with Gasteiger partial charge in [-0.2, -0.15) is 0 Å². The average Bonchev–Trinajstić information content (AvgIpc) is 2.96. The zero-order valence-electron chi connectivity index (χ0n) is 12.9. The molecule has 0 aromatic carbocycles. The fourth-order valence-corrected chi connectivity index (χ4v) is 3.38. The standard InChI is InChI=1S/C16H31NO3/c1-14(18)12-17(15-6-3-2-4-7-15)9-11-19-13-16-8-5-10-20-16/h14-16,18H,2-13H2,1H3. The van der Waals surface area contributed by atoms with E-state index in [1.807, 2.05) is 6.92 Å². The van der Waals surface area contributed by atoms with E-state index in [0.717, 1.165) is 39.3 Å². The number of hydrogen-bond acceptors (Lipinski definition) is 4. The van der Waals surface area contributed by atoms with Crippen molar-refractivity contribution in [3.63, 3.8) is 0 Å². The molecule has 20 heavy (non-hydrogen) atoms. The quantitative estimate of drug-likeness (QED) is 0.694.